The summed E-state index contributed by atoms with van der Waals surface area (Å²) >= 11 is 0. The van der Waals surface area contributed by atoms with Crippen molar-refractivity contribution in [3.8, 4) is 5.69 Å². The number of aromatic nitrogens is 2. The number of nitrogens with zero attached hydrogens (tertiary/aromatic N) is 3. The molecule has 1 aromatic carbocycles. The van der Waals surface area contributed by atoms with Crippen molar-refractivity contribution in [2.45, 2.75) is 13.8 Å². The fourth-order valence-electron chi connectivity index (χ4n) is 1.64. The van der Waals surface area contributed by atoms with Gasteiger partial charge in [0.15, 0.2) is 0 Å². The third-order valence-electron chi connectivity index (χ3n) is 2.68. The number of rotatable bonds is 4. The highest BCUT2D eigenvalue weighted by Gasteiger charge is 2.01. The van der Waals surface area contributed by atoms with Gasteiger partial charge < -0.3 is 9.30 Å². The highest BCUT2D eigenvalue weighted by Crippen LogP contribution is 2.09. The number of hydrogen-bond acceptors (Lipinski definition) is 4. The number of hydrogen-bond donors (Lipinski definition) is 1. The van der Waals surface area contributed by atoms with Gasteiger partial charge in [0.25, 0.3) is 0 Å². The normalized spacial score (nSPS) is 11.2. The van der Waals surface area contributed by atoms with E-state index in [0.717, 1.165) is 11.3 Å². The van der Waals surface area contributed by atoms with Gasteiger partial charge in [0.2, 0.25) is 0 Å². The van der Waals surface area contributed by atoms with Gasteiger partial charge in [-0.1, -0.05) is 12.1 Å². The Balaban J connectivity index is 2.06. The second-order valence-corrected chi connectivity index (χ2v) is 4.05. The maximum Gasteiger partial charge on any atom is 0.427 e. The van der Waals surface area contributed by atoms with Crippen molar-refractivity contribution in [1.29, 1.82) is 0 Å². The van der Waals surface area contributed by atoms with Gasteiger partial charge in [0.05, 0.1) is 18.6 Å². The van der Waals surface area contributed by atoms with E-state index in [-0.39, 0.29) is 0 Å². The molecule has 104 valence electrons. The van der Waals surface area contributed by atoms with Gasteiger partial charge in [-0.3, -0.25) is 0 Å². The smallest absolute Gasteiger partial charge is 0.427 e. The van der Waals surface area contributed by atoms with Crippen LogP contribution in [0.25, 0.3) is 5.69 Å². The minimum Gasteiger partial charge on any atom is -0.449 e. The van der Waals surface area contributed by atoms with Crippen LogP contribution in [0.3, 0.4) is 0 Å². The summed E-state index contributed by atoms with van der Waals surface area (Å²) in [7, 11) is 0. The molecule has 1 amide bonds. The van der Waals surface area contributed by atoms with Crippen LogP contribution in [0.1, 0.15) is 19.4 Å². The van der Waals surface area contributed by atoms with Crippen molar-refractivity contribution in [2.75, 3.05) is 6.61 Å². The van der Waals surface area contributed by atoms with E-state index in [9.17, 15) is 4.79 Å². The number of ether oxygens (including phenoxy) is 1. The molecule has 2 aromatic rings. The van der Waals surface area contributed by atoms with Crippen LogP contribution in [0, 0.1) is 0 Å². The third kappa shape index (κ3) is 3.44. The average Bonchev–Trinajstić information content (AvgIpc) is 2.99. The van der Waals surface area contributed by atoms with Gasteiger partial charge in [-0.05, 0) is 31.5 Å². The zero-order valence-electron chi connectivity index (χ0n) is 11.4. The fraction of sp³-hybridized carbons (Fsp3) is 0.214. The van der Waals surface area contributed by atoms with E-state index in [0.29, 0.717) is 12.3 Å². The number of amides is 1. The predicted octanol–water partition coefficient (Wildman–Crippen LogP) is 2.34. The van der Waals surface area contributed by atoms with Gasteiger partial charge >= 0.3 is 6.09 Å². The Morgan fingerprint density at radius 3 is 2.75 bits per heavy atom. The molecule has 6 nitrogen and oxygen atoms in total. The highest BCUT2D eigenvalue weighted by molar-refractivity contribution is 5.99. The van der Waals surface area contributed by atoms with Crippen molar-refractivity contribution in [1.82, 2.24) is 15.0 Å². The van der Waals surface area contributed by atoms with Gasteiger partial charge in [-0.15, -0.1) is 0 Å². The Hall–Kier alpha value is -2.63. The van der Waals surface area contributed by atoms with Crippen LogP contribution in [0.5, 0.6) is 0 Å². The number of nitrogens with one attached hydrogen (secondary N) is 1. The Morgan fingerprint density at radius 2 is 2.15 bits per heavy atom. The number of imidazole rings is 1. The molecule has 0 fully saturated rings. The van der Waals surface area contributed by atoms with E-state index in [1.165, 1.54) is 0 Å². The van der Waals surface area contributed by atoms with Crippen molar-refractivity contribution < 1.29 is 9.53 Å². The SMILES string of the molecule is CCOC(=O)N/N=C(\C)c1ccc(-n2ccnc2)cc1. The summed E-state index contributed by atoms with van der Waals surface area (Å²) in [6.45, 7) is 3.88. The molecule has 1 heterocycles. The average molecular weight is 272 g/mol. The Morgan fingerprint density at radius 1 is 1.40 bits per heavy atom. The molecule has 0 spiro atoms. The number of carbonyl (C=O) groups is 1. The summed E-state index contributed by atoms with van der Waals surface area (Å²) in [4.78, 5) is 15.1. The summed E-state index contributed by atoms with van der Waals surface area (Å²) in [6, 6.07) is 7.78. The fourth-order valence-corrected chi connectivity index (χ4v) is 1.64. The number of benzene rings is 1. The molecule has 0 saturated heterocycles. The largest absolute Gasteiger partial charge is 0.449 e. The van der Waals surface area contributed by atoms with Gasteiger partial charge in [-0.25, -0.2) is 15.2 Å². The first kappa shape index (κ1) is 13.8. The van der Waals surface area contributed by atoms with Crippen LogP contribution in [0.2, 0.25) is 0 Å². The number of carbonyl (C=O) groups excluding carboxylic acids is 1. The summed E-state index contributed by atoms with van der Waals surface area (Å²) in [5, 5.41) is 3.98. The standard InChI is InChI=1S/C14H16N4O2/c1-3-20-14(19)17-16-11(2)12-4-6-13(7-5-12)18-9-8-15-10-18/h4-10H,3H2,1-2H3,(H,17,19)/b16-11+. The molecule has 0 aliphatic heterocycles. The lowest BCUT2D eigenvalue weighted by Gasteiger charge is -2.05. The van der Waals surface area contributed by atoms with E-state index < -0.39 is 6.09 Å². The summed E-state index contributed by atoms with van der Waals surface area (Å²) in [5.74, 6) is 0. The van der Waals surface area contributed by atoms with E-state index >= 15 is 0 Å². The summed E-state index contributed by atoms with van der Waals surface area (Å²) in [5.41, 5.74) is 4.97. The molecule has 1 aromatic heterocycles. The lowest BCUT2D eigenvalue weighted by atomic mass is 10.1. The lowest BCUT2D eigenvalue weighted by molar-refractivity contribution is 0.152. The van der Waals surface area contributed by atoms with Crippen LogP contribution in [-0.2, 0) is 4.74 Å². The molecule has 0 saturated carbocycles. The molecule has 6 heteroatoms. The lowest BCUT2D eigenvalue weighted by Crippen LogP contribution is -2.20. The van der Waals surface area contributed by atoms with Crippen LogP contribution >= 0.6 is 0 Å². The van der Waals surface area contributed by atoms with Crippen LogP contribution < -0.4 is 5.43 Å². The molecule has 0 aliphatic carbocycles. The quantitative estimate of drug-likeness (QED) is 0.686. The van der Waals surface area contributed by atoms with Crippen LogP contribution in [0.15, 0.2) is 48.1 Å². The van der Waals surface area contributed by atoms with Crippen molar-refractivity contribution >= 4 is 11.8 Å². The minimum atomic E-state index is -0.554. The molecule has 0 atom stereocenters. The highest BCUT2D eigenvalue weighted by atomic mass is 16.5. The molecule has 1 N–H and O–H groups in total. The van der Waals surface area contributed by atoms with E-state index in [2.05, 4.69) is 15.5 Å². The Kier molecular flexibility index (Phi) is 4.49. The van der Waals surface area contributed by atoms with Crippen molar-refractivity contribution in [3.63, 3.8) is 0 Å². The molecule has 20 heavy (non-hydrogen) atoms. The van der Waals surface area contributed by atoms with Crippen LogP contribution in [0.4, 0.5) is 4.79 Å². The van der Waals surface area contributed by atoms with E-state index in [4.69, 9.17) is 4.74 Å². The van der Waals surface area contributed by atoms with Gasteiger partial charge in [-0.2, -0.15) is 5.10 Å². The second-order valence-electron chi connectivity index (χ2n) is 4.05. The molecular formula is C14H16N4O2. The van der Waals surface area contributed by atoms with E-state index in [1.54, 1.807) is 19.4 Å². The van der Waals surface area contributed by atoms with Gasteiger partial charge in [0, 0.05) is 18.1 Å². The topological polar surface area (TPSA) is 68.5 Å². The summed E-state index contributed by atoms with van der Waals surface area (Å²) < 4.78 is 6.64. The zero-order valence-corrected chi connectivity index (χ0v) is 11.4. The summed E-state index contributed by atoms with van der Waals surface area (Å²) in [6.07, 6.45) is 4.78. The third-order valence-corrected chi connectivity index (χ3v) is 2.68. The maximum atomic E-state index is 11.1. The zero-order chi connectivity index (χ0) is 14.4. The molecule has 0 aliphatic rings. The molecule has 0 unspecified atom stereocenters. The number of hydrazone groups is 1. The van der Waals surface area contributed by atoms with Crippen molar-refractivity contribution in [2.24, 2.45) is 5.10 Å². The molecule has 2 rings (SSSR count). The molecular weight excluding hydrogens is 256 g/mol. The molecule has 0 radical (unpaired) electrons. The Labute approximate surface area is 117 Å². The maximum absolute atomic E-state index is 11.1. The van der Waals surface area contributed by atoms with E-state index in [1.807, 2.05) is 42.0 Å². The first-order valence-corrected chi connectivity index (χ1v) is 6.26. The van der Waals surface area contributed by atoms with Gasteiger partial charge in [0.1, 0.15) is 0 Å². The first-order valence-electron chi connectivity index (χ1n) is 6.26. The minimum absolute atomic E-state index is 0.319. The Bertz CT molecular complexity index is 588. The van der Waals surface area contributed by atoms with Crippen molar-refractivity contribution in [3.05, 3.63) is 48.5 Å². The van der Waals surface area contributed by atoms with Crippen LogP contribution in [-0.4, -0.2) is 28.0 Å². The first-order chi connectivity index (χ1) is 9.70. The monoisotopic (exact) mass is 272 g/mol. The molecule has 0 bridgehead atoms. The predicted molar refractivity (Wildman–Crippen MR) is 75.9 cm³/mol. The second kappa shape index (κ2) is 6.51.